The van der Waals surface area contributed by atoms with Gasteiger partial charge in [-0.25, -0.2) is 4.39 Å². The van der Waals surface area contributed by atoms with Crippen molar-refractivity contribution >= 4 is 34.7 Å². The number of thioether (sulfide) groups is 1. The van der Waals surface area contributed by atoms with Crippen LogP contribution in [0.15, 0.2) is 17.0 Å². The van der Waals surface area contributed by atoms with E-state index in [0.29, 0.717) is 22.7 Å². The first-order valence-corrected chi connectivity index (χ1v) is 8.63. The van der Waals surface area contributed by atoms with Gasteiger partial charge in [0, 0.05) is 19.6 Å². The summed E-state index contributed by atoms with van der Waals surface area (Å²) in [6.45, 7) is 5.77. The highest BCUT2D eigenvalue weighted by atomic mass is 32.2. The van der Waals surface area contributed by atoms with Gasteiger partial charge in [-0.15, -0.1) is 0 Å². The highest BCUT2D eigenvalue weighted by molar-refractivity contribution is 8.18. The zero-order valence-corrected chi connectivity index (χ0v) is 14.1. The number of halogens is 1. The van der Waals surface area contributed by atoms with Crippen molar-refractivity contribution in [1.82, 2.24) is 4.90 Å². The Hall–Kier alpha value is -1.82. The number of benzene rings is 1. The number of anilines is 1. The quantitative estimate of drug-likeness (QED) is 0.789. The van der Waals surface area contributed by atoms with Gasteiger partial charge in [0.1, 0.15) is 5.82 Å². The molecule has 0 aliphatic carbocycles. The Labute approximate surface area is 139 Å². The van der Waals surface area contributed by atoms with Crippen molar-refractivity contribution in [3.8, 4) is 0 Å². The van der Waals surface area contributed by atoms with E-state index in [1.807, 2.05) is 13.0 Å². The molecular formula is C17H19FN2O2S. The third-order valence-corrected chi connectivity index (χ3v) is 5.17. The monoisotopic (exact) mass is 334 g/mol. The standard InChI is InChI=1S/C17H19FN2O2S/c1-3-20-16(21)15(23-17(20)22)10-12-9-13(18)14(8-11(12)2)19-6-4-5-7-19/h8-10H,3-7H2,1-2H3. The van der Waals surface area contributed by atoms with Crippen molar-refractivity contribution in [2.24, 2.45) is 0 Å². The normalized spacial score (nSPS) is 20.2. The average Bonchev–Trinajstić information content (AvgIpc) is 3.12. The number of rotatable bonds is 3. The second-order valence-electron chi connectivity index (χ2n) is 5.78. The second-order valence-corrected chi connectivity index (χ2v) is 6.77. The Morgan fingerprint density at radius 3 is 2.57 bits per heavy atom. The van der Waals surface area contributed by atoms with Crippen LogP contribution < -0.4 is 4.90 Å². The van der Waals surface area contributed by atoms with E-state index in [0.717, 1.165) is 43.3 Å². The van der Waals surface area contributed by atoms with Gasteiger partial charge in [-0.3, -0.25) is 14.5 Å². The lowest BCUT2D eigenvalue weighted by molar-refractivity contribution is -0.122. The van der Waals surface area contributed by atoms with Crippen LogP contribution in [0.4, 0.5) is 14.9 Å². The van der Waals surface area contributed by atoms with Crippen molar-refractivity contribution in [3.05, 3.63) is 34.0 Å². The molecule has 2 amide bonds. The molecule has 0 atom stereocenters. The molecule has 2 heterocycles. The van der Waals surface area contributed by atoms with Crippen molar-refractivity contribution in [2.45, 2.75) is 26.7 Å². The minimum absolute atomic E-state index is 0.268. The number of nitrogens with zero attached hydrogens (tertiary/aromatic N) is 2. The van der Waals surface area contributed by atoms with Crippen molar-refractivity contribution in [3.63, 3.8) is 0 Å². The summed E-state index contributed by atoms with van der Waals surface area (Å²) in [5.41, 5.74) is 2.17. The molecule has 2 fully saturated rings. The molecule has 2 aliphatic rings. The summed E-state index contributed by atoms with van der Waals surface area (Å²) >= 11 is 0.911. The van der Waals surface area contributed by atoms with Gasteiger partial charge in [0.15, 0.2) is 0 Å². The van der Waals surface area contributed by atoms with Gasteiger partial charge in [-0.2, -0.15) is 0 Å². The maximum absolute atomic E-state index is 14.4. The third-order valence-electron chi connectivity index (χ3n) is 4.26. The van der Waals surface area contributed by atoms with Gasteiger partial charge < -0.3 is 4.90 Å². The molecule has 0 N–H and O–H groups in total. The van der Waals surface area contributed by atoms with Crippen LogP contribution in [-0.4, -0.2) is 35.7 Å². The van der Waals surface area contributed by atoms with Gasteiger partial charge >= 0.3 is 0 Å². The lowest BCUT2D eigenvalue weighted by Crippen LogP contribution is -2.27. The average molecular weight is 334 g/mol. The number of amides is 2. The number of imide groups is 1. The predicted octanol–water partition coefficient (Wildman–Crippen LogP) is 3.79. The zero-order valence-electron chi connectivity index (χ0n) is 13.3. The molecule has 2 aliphatic heterocycles. The smallest absolute Gasteiger partial charge is 0.293 e. The summed E-state index contributed by atoms with van der Waals surface area (Å²) in [6, 6.07) is 3.29. The lowest BCUT2D eigenvalue weighted by Gasteiger charge is -2.19. The van der Waals surface area contributed by atoms with Gasteiger partial charge in [-0.1, -0.05) is 0 Å². The maximum atomic E-state index is 14.4. The van der Waals surface area contributed by atoms with Crippen LogP contribution >= 0.6 is 11.8 Å². The topological polar surface area (TPSA) is 40.6 Å². The molecule has 6 heteroatoms. The van der Waals surface area contributed by atoms with Gasteiger partial charge in [0.25, 0.3) is 11.1 Å². The number of carbonyl (C=O) groups is 2. The first-order valence-electron chi connectivity index (χ1n) is 7.81. The highest BCUT2D eigenvalue weighted by Crippen LogP contribution is 2.34. The first-order chi connectivity index (χ1) is 11.0. The van der Waals surface area contributed by atoms with Gasteiger partial charge in [0.05, 0.1) is 10.6 Å². The molecule has 1 aromatic rings. The van der Waals surface area contributed by atoms with E-state index in [1.165, 1.54) is 11.0 Å². The van der Waals surface area contributed by atoms with Crippen LogP contribution in [-0.2, 0) is 4.79 Å². The Morgan fingerprint density at radius 1 is 1.26 bits per heavy atom. The minimum Gasteiger partial charge on any atom is -0.369 e. The van der Waals surface area contributed by atoms with Crippen molar-refractivity contribution < 1.29 is 14.0 Å². The zero-order chi connectivity index (χ0) is 16.6. The first kappa shape index (κ1) is 16.1. The summed E-state index contributed by atoms with van der Waals surface area (Å²) in [5.74, 6) is -0.579. The molecule has 0 radical (unpaired) electrons. The summed E-state index contributed by atoms with van der Waals surface area (Å²) in [7, 11) is 0. The summed E-state index contributed by atoms with van der Waals surface area (Å²) in [6.07, 6.45) is 3.79. The van der Waals surface area contributed by atoms with E-state index >= 15 is 0 Å². The Balaban J connectivity index is 1.92. The molecule has 0 saturated carbocycles. The summed E-state index contributed by atoms with van der Waals surface area (Å²) in [4.78, 5) is 27.5. The Kier molecular flexibility index (Phi) is 4.43. The van der Waals surface area contributed by atoms with Crippen molar-refractivity contribution in [1.29, 1.82) is 0 Å². The van der Waals surface area contributed by atoms with Gasteiger partial charge in [-0.05, 0) is 67.8 Å². The van der Waals surface area contributed by atoms with E-state index in [1.54, 1.807) is 13.0 Å². The SMILES string of the molecule is CCN1C(=O)SC(=Cc2cc(F)c(N3CCCC3)cc2C)C1=O. The van der Waals surface area contributed by atoms with E-state index in [2.05, 4.69) is 4.90 Å². The molecule has 0 unspecified atom stereocenters. The van der Waals surface area contributed by atoms with Crippen LogP contribution in [0.1, 0.15) is 30.9 Å². The second kappa shape index (κ2) is 6.35. The van der Waals surface area contributed by atoms with E-state index < -0.39 is 0 Å². The van der Waals surface area contributed by atoms with Crippen LogP contribution in [0, 0.1) is 12.7 Å². The molecule has 0 spiro atoms. The molecule has 2 saturated heterocycles. The van der Waals surface area contributed by atoms with Crippen LogP contribution in [0.25, 0.3) is 6.08 Å². The molecule has 4 nitrogen and oxygen atoms in total. The molecule has 122 valence electrons. The Morgan fingerprint density at radius 2 is 1.96 bits per heavy atom. The molecule has 3 rings (SSSR count). The number of hydrogen-bond donors (Lipinski definition) is 0. The van der Waals surface area contributed by atoms with E-state index in [9.17, 15) is 14.0 Å². The molecule has 1 aromatic carbocycles. The molecular weight excluding hydrogens is 315 g/mol. The fourth-order valence-corrected chi connectivity index (χ4v) is 3.85. The van der Waals surface area contributed by atoms with Crippen molar-refractivity contribution in [2.75, 3.05) is 24.5 Å². The largest absolute Gasteiger partial charge is 0.369 e. The predicted molar refractivity (Wildman–Crippen MR) is 90.9 cm³/mol. The molecule has 0 bridgehead atoms. The third kappa shape index (κ3) is 3.00. The summed E-state index contributed by atoms with van der Waals surface area (Å²) < 4.78 is 14.4. The molecule has 23 heavy (non-hydrogen) atoms. The minimum atomic E-state index is -0.300. The van der Waals surface area contributed by atoms with Crippen LogP contribution in [0.2, 0.25) is 0 Å². The van der Waals surface area contributed by atoms with Crippen LogP contribution in [0.5, 0.6) is 0 Å². The maximum Gasteiger partial charge on any atom is 0.293 e. The highest BCUT2D eigenvalue weighted by Gasteiger charge is 2.33. The number of hydrogen-bond acceptors (Lipinski definition) is 4. The van der Waals surface area contributed by atoms with E-state index in [-0.39, 0.29) is 17.0 Å². The molecule has 0 aromatic heterocycles. The number of likely N-dealkylation sites (N-methyl/N-ethyl adjacent to an activating group) is 1. The van der Waals surface area contributed by atoms with Gasteiger partial charge in [0.2, 0.25) is 0 Å². The number of carbonyl (C=O) groups excluding carboxylic acids is 2. The Bertz CT molecular complexity index is 696. The summed E-state index contributed by atoms with van der Waals surface area (Å²) in [5, 5.41) is -0.268. The lowest BCUT2D eigenvalue weighted by atomic mass is 10.1. The number of aryl methyl sites for hydroxylation is 1. The van der Waals surface area contributed by atoms with E-state index in [4.69, 9.17) is 0 Å². The fourth-order valence-electron chi connectivity index (χ4n) is 2.95. The van der Waals surface area contributed by atoms with Crippen LogP contribution in [0.3, 0.4) is 0 Å². The fraction of sp³-hybridized carbons (Fsp3) is 0.412.